The van der Waals surface area contributed by atoms with E-state index in [2.05, 4.69) is 20.4 Å². The largest absolute Gasteiger partial charge is 0.497 e. The first-order chi connectivity index (χ1) is 9.67. The van der Waals surface area contributed by atoms with Gasteiger partial charge in [-0.05, 0) is 35.9 Å². The number of nitrogens with zero attached hydrogens (tertiary/aromatic N) is 4. The fraction of sp³-hybridized carbons (Fsp3) is 0.154. The molecule has 102 valence electrons. The molecule has 0 aliphatic carbocycles. The maximum Gasteiger partial charge on any atom is 0.226 e. The minimum Gasteiger partial charge on any atom is -0.497 e. The fourth-order valence-electron chi connectivity index (χ4n) is 1.90. The van der Waals surface area contributed by atoms with Crippen molar-refractivity contribution in [3.05, 3.63) is 35.7 Å². The molecule has 0 fully saturated rings. The molecule has 0 aliphatic rings. The highest BCUT2D eigenvalue weighted by molar-refractivity contribution is 6.28. The molecule has 3 aromatic rings. The monoisotopic (exact) mass is 289 g/mol. The molecule has 0 saturated carbocycles. The van der Waals surface area contributed by atoms with Gasteiger partial charge in [0.15, 0.2) is 5.65 Å². The molecule has 2 aromatic heterocycles. The van der Waals surface area contributed by atoms with Crippen molar-refractivity contribution in [1.82, 2.24) is 19.7 Å². The van der Waals surface area contributed by atoms with Gasteiger partial charge in [-0.25, -0.2) is 0 Å². The Morgan fingerprint density at radius 1 is 1.20 bits per heavy atom. The molecule has 0 unspecified atom stereocenters. The summed E-state index contributed by atoms with van der Waals surface area (Å²) in [6, 6.07) is 7.53. The Kier molecular flexibility index (Phi) is 3.15. The van der Waals surface area contributed by atoms with Crippen molar-refractivity contribution in [2.45, 2.75) is 0 Å². The van der Waals surface area contributed by atoms with Gasteiger partial charge in [0.05, 0.1) is 18.7 Å². The first kappa shape index (κ1) is 12.7. The first-order valence-electron chi connectivity index (χ1n) is 5.93. The lowest BCUT2D eigenvalue weighted by Gasteiger charge is -2.08. The fourth-order valence-corrected chi connectivity index (χ4v) is 2.07. The Bertz CT molecular complexity index is 753. The summed E-state index contributed by atoms with van der Waals surface area (Å²) in [6.45, 7) is 0. The molecule has 0 spiro atoms. The Morgan fingerprint density at radius 3 is 2.65 bits per heavy atom. The zero-order valence-corrected chi connectivity index (χ0v) is 11.7. The predicted molar refractivity (Wildman–Crippen MR) is 77.6 cm³/mol. The number of hydrogen-bond donors (Lipinski definition) is 1. The molecule has 0 radical (unpaired) electrons. The van der Waals surface area contributed by atoms with E-state index < -0.39 is 0 Å². The lowest BCUT2D eigenvalue weighted by Crippen LogP contribution is -1.98. The molecular formula is C13H12ClN5O. The summed E-state index contributed by atoms with van der Waals surface area (Å²) >= 11 is 5.94. The minimum atomic E-state index is 0.178. The van der Waals surface area contributed by atoms with Gasteiger partial charge in [0.1, 0.15) is 11.6 Å². The van der Waals surface area contributed by atoms with Crippen LogP contribution in [0.5, 0.6) is 5.75 Å². The summed E-state index contributed by atoms with van der Waals surface area (Å²) in [7, 11) is 3.44. The van der Waals surface area contributed by atoms with Gasteiger partial charge < -0.3 is 10.1 Å². The molecule has 0 saturated heterocycles. The zero-order chi connectivity index (χ0) is 14.1. The number of benzene rings is 1. The van der Waals surface area contributed by atoms with Crippen molar-refractivity contribution < 1.29 is 4.74 Å². The number of aryl methyl sites for hydroxylation is 1. The van der Waals surface area contributed by atoms with E-state index in [-0.39, 0.29) is 5.28 Å². The average molecular weight is 290 g/mol. The first-order valence-corrected chi connectivity index (χ1v) is 6.31. The number of aromatic nitrogens is 4. The van der Waals surface area contributed by atoms with Gasteiger partial charge in [-0.2, -0.15) is 15.1 Å². The molecule has 6 nitrogen and oxygen atoms in total. The van der Waals surface area contributed by atoms with Crippen molar-refractivity contribution >= 4 is 34.1 Å². The zero-order valence-electron chi connectivity index (χ0n) is 11.0. The summed E-state index contributed by atoms with van der Waals surface area (Å²) < 4.78 is 6.78. The van der Waals surface area contributed by atoms with E-state index in [1.807, 2.05) is 31.3 Å². The second-order valence-corrected chi connectivity index (χ2v) is 4.54. The third-order valence-electron chi connectivity index (χ3n) is 2.92. The maximum absolute atomic E-state index is 5.94. The van der Waals surface area contributed by atoms with Gasteiger partial charge in [0.25, 0.3) is 0 Å². The predicted octanol–water partition coefficient (Wildman–Crippen LogP) is 2.77. The Morgan fingerprint density at radius 2 is 1.95 bits per heavy atom. The molecular weight excluding hydrogens is 278 g/mol. The minimum absolute atomic E-state index is 0.178. The van der Waals surface area contributed by atoms with Crippen LogP contribution in [0.1, 0.15) is 0 Å². The van der Waals surface area contributed by atoms with Crippen LogP contribution in [0.15, 0.2) is 30.5 Å². The van der Waals surface area contributed by atoms with Crippen LogP contribution >= 0.6 is 11.6 Å². The van der Waals surface area contributed by atoms with E-state index in [0.29, 0.717) is 11.5 Å². The average Bonchev–Trinajstić information content (AvgIpc) is 2.81. The molecule has 0 bridgehead atoms. The standard InChI is InChI=1S/C13H12ClN5O/c1-19-12-10(7-15-19)11(17-13(14)18-12)16-8-3-5-9(20-2)6-4-8/h3-7H,1-2H3,(H,16,17,18). The van der Waals surface area contributed by atoms with Crippen LogP contribution < -0.4 is 10.1 Å². The Hall–Kier alpha value is -2.34. The number of rotatable bonds is 3. The Balaban J connectivity index is 2.01. The summed E-state index contributed by atoms with van der Waals surface area (Å²) in [5.41, 5.74) is 1.56. The van der Waals surface area contributed by atoms with Crippen LogP contribution in [0.2, 0.25) is 5.28 Å². The lowest BCUT2D eigenvalue weighted by atomic mass is 10.3. The van der Waals surface area contributed by atoms with Gasteiger partial charge in [0, 0.05) is 12.7 Å². The molecule has 2 heterocycles. The van der Waals surface area contributed by atoms with Gasteiger partial charge in [-0.15, -0.1) is 0 Å². The third-order valence-corrected chi connectivity index (χ3v) is 3.09. The number of anilines is 2. The quantitative estimate of drug-likeness (QED) is 0.751. The second-order valence-electron chi connectivity index (χ2n) is 4.20. The number of hydrogen-bond acceptors (Lipinski definition) is 5. The van der Waals surface area contributed by atoms with Crippen LogP contribution in [0.3, 0.4) is 0 Å². The van der Waals surface area contributed by atoms with Crippen LogP contribution in [0, 0.1) is 0 Å². The molecule has 1 N–H and O–H groups in total. The SMILES string of the molecule is COc1ccc(Nc2nc(Cl)nc3c2cnn3C)cc1. The molecule has 0 atom stereocenters. The highest BCUT2D eigenvalue weighted by Crippen LogP contribution is 2.25. The van der Waals surface area contributed by atoms with Crippen LogP contribution in [0.4, 0.5) is 11.5 Å². The molecule has 0 amide bonds. The molecule has 3 rings (SSSR count). The van der Waals surface area contributed by atoms with Gasteiger partial charge >= 0.3 is 0 Å². The van der Waals surface area contributed by atoms with Crippen molar-refractivity contribution in [3.8, 4) is 5.75 Å². The van der Waals surface area contributed by atoms with Crippen LogP contribution in [0.25, 0.3) is 11.0 Å². The van der Waals surface area contributed by atoms with Gasteiger partial charge in [-0.3, -0.25) is 4.68 Å². The summed E-state index contributed by atoms with van der Waals surface area (Å²) in [4.78, 5) is 8.37. The lowest BCUT2D eigenvalue weighted by molar-refractivity contribution is 0.415. The van der Waals surface area contributed by atoms with Crippen molar-refractivity contribution in [2.75, 3.05) is 12.4 Å². The molecule has 1 aromatic carbocycles. The number of ether oxygens (including phenoxy) is 1. The van der Waals surface area contributed by atoms with Crippen LogP contribution in [-0.4, -0.2) is 26.9 Å². The van der Waals surface area contributed by atoms with E-state index in [0.717, 1.165) is 16.8 Å². The maximum atomic E-state index is 5.94. The van der Waals surface area contributed by atoms with E-state index in [4.69, 9.17) is 16.3 Å². The Labute approximate surface area is 120 Å². The van der Waals surface area contributed by atoms with E-state index in [1.54, 1.807) is 18.0 Å². The molecule has 7 heteroatoms. The second kappa shape index (κ2) is 4.97. The number of halogens is 1. The van der Waals surface area contributed by atoms with E-state index in [9.17, 15) is 0 Å². The number of fused-ring (bicyclic) bond motifs is 1. The third kappa shape index (κ3) is 2.25. The normalized spacial score (nSPS) is 10.8. The van der Waals surface area contributed by atoms with Gasteiger partial charge in [0.2, 0.25) is 5.28 Å². The summed E-state index contributed by atoms with van der Waals surface area (Å²) in [6.07, 6.45) is 1.71. The smallest absolute Gasteiger partial charge is 0.226 e. The van der Waals surface area contributed by atoms with E-state index in [1.165, 1.54) is 0 Å². The highest BCUT2D eigenvalue weighted by atomic mass is 35.5. The topological polar surface area (TPSA) is 64.9 Å². The number of nitrogens with one attached hydrogen (secondary N) is 1. The highest BCUT2D eigenvalue weighted by Gasteiger charge is 2.10. The van der Waals surface area contributed by atoms with Crippen molar-refractivity contribution in [2.24, 2.45) is 7.05 Å². The van der Waals surface area contributed by atoms with Crippen molar-refractivity contribution in [3.63, 3.8) is 0 Å². The van der Waals surface area contributed by atoms with Crippen molar-refractivity contribution in [1.29, 1.82) is 0 Å². The van der Waals surface area contributed by atoms with Crippen LogP contribution in [-0.2, 0) is 7.05 Å². The van der Waals surface area contributed by atoms with Gasteiger partial charge in [-0.1, -0.05) is 0 Å². The summed E-state index contributed by atoms with van der Waals surface area (Å²) in [5, 5.41) is 8.36. The molecule has 20 heavy (non-hydrogen) atoms. The van der Waals surface area contributed by atoms with E-state index >= 15 is 0 Å². The molecule has 0 aliphatic heterocycles. The summed E-state index contributed by atoms with van der Waals surface area (Å²) in [5.74, 6) is 1.42. The number of methoxy groups -OCH3 is 1.